The summed E-state index contributed by atoms with van der Waals surface area (Å²) in [6, 6.07) is 4.13. The molecular weight excluding hydrogens is 200 g/mol. The Morgan fingerprint density at radius 3 is 3.00 bits per heavy atom. The monoisotopic (exact) mass is 222 g/mol. The smallest absolute Gasteiger partial charge is 0.111 e. The molecule has 16 heavy (non-hydrogen) atoms. The maximum atomic E-state index is 5.66. The Bertz CT molecular complexity index is 310. The molecule has 3 heteroatoms. The van der Waals surface area contributed by atoms with Crippen LogP contribution in [0.5, 0.6) is 0 Å². The van der Waals surface area contributed by atoms with Crippen molar-refractivity contribution >= 4 is 0 Å². The fourth-order valence-electron chi connectivity index (χ4n) is 2.76. The second kappa shape index (κ2) is 5.02. The first-order chi connectivity index (χ1) is 7.77. The molecule has 0 aliphatic carbocycles. The first kappa shape index (κ1) is 11.7. The molecule has 1 aliphatic rings. The van der Waals surface area contributed by atoms with E-state index in [1.54, 1.807) is 6.26 Å². The number of hydrogen-bond acceptors (Lipinski definition) is 3. The first-order valence-electron chi connectivity index (χ1n) is 6.14. The molecule has 0 radical (unpaired) electrons. The normalized spacial score (nSPS) is 27.9. The average molecular weight is 222 g/mol. The molecule has 0 bridgehead atoms. The number of rotatable bonds is 3. The van der Waals surface area contributed by atoms with Crippen molar-refractivity contribution in [3.05, 3.63) is 24.2 Å². The van der Waals surface area contributed by atoms with E-state index in [1.165, 1.54) is 25.8 Å². The molecule has 1 atom stereocenters. The Morgan fingerprint density at radius 1 is 1.44 bits per heavy atom. The van der Waals surface area contributed by atoms with E-state index < -0.39 is 0 Å². The number of likely N-dealkylation sites (N-methyl/N-ethyl adjacent to an activating group) is 1. The fraction of sp³-hybridized carbons (Fsp3) is 0.692. The number of nitrogens with zero attached hydrogens (tertiary/aromatic N) is 1. The standard InChI is InChI=1S/C13H22N2O/c1-14-11-13(12-5-3-10-16-12)6-4-8-15(2)9-7-13/h3,5,10,14H,4,6-9,11H2,1-2H3. The van der Waals surface area contributed by atoms with E-state index in [0.29, 0.717) is 0 Å². The summed E-state index contributed by atoms with van der Waals surface area (Å²) in [5.41, 5.74) is 0.197. The molecule has 1 saturated heterocycles. The minimum Gasteiger partial charge on any atom is -0.469 e. The highest BCUT2D eigenvalue weighted by Crippen LogP contribution is 2.35. The molecule has 0 aromatic carbocycles. The van der Waals surface area contributed by atoms with Crippen molar-refractivity contribution in [3.8, 4) is 0 Å². The van der Waals surface area contributed by atoms with E-state index >= 15 is 0 Å². The molecular formula is C13H22N2O. The summed E-state index contributed by atoms with van der Waals surface area (Å²) in [7, 11) is 4.23. The van der Waals surface area contributed by atoms with Crippen molar-refractivity contribution in [1.82, 2.24) is 10.2 Å². The molecule has 0 spiro atoms. The van der Waals surface area contributed by atoms with Crippen molar-refractivity contribution in [2.75, 3.05) is 33.7 Å². The summed E-state index contributed by atoms with van der Waals surface area (Å²) < 4.78 is 5.66. The van der Waals surface area contributed by atoms with Gasteiger partial charge in [-0.05, 0) is 58.6 Å². The lowest BCUT2D eigenvalue weighted by Gasteiger charge is -2.30. The SMILES string of the molecule is CNCC1(c2ccco2)CCCN(C)CC1. The van der Waals surface area contributed by atoms with Crippen LogP contribution in [0.4, 0.5) is 0 Å². The first-order valence-corrected chi connectivity index (χ1v) is 6.14. The van der Waals surface area contributed by atoms with E-state index in [9.17, 15) is 0 Å². The van der Waals surface area contributed by atoms with Crippen LogP contribution in [0.15, 0.2) is 22.8 Å². The predicted octanol–water partition coefficient (Wildman–Crippen LogP) is 1.85. The second-order valence-corrected chi connectivity index (χ2v) is 4.94. The lowest BCUT2D eigenvalue weighted by Crippen LogP contribution is -2.37. The van der Waals surface area contributed by atoms with Crippen molar-refractivity contribution < 1.29 is 4.42 Å². The van der Waals surface area contributed by atoms with E-state index in [0.717, 1.165) is 18.8 Å². The molecule has 2 heterocycles. The molecule has 90 valence electrons. The minimum atomic E-state index is 0.197. The van der Waals surface area contributed by atoms with E-state index in [-0.39, 0.29) is 5.41 Å². The average Bonchev–Trinajstić information content (AvgIpc) is 2.74. The highest BCUT2D eigenvalue weighted by Gasteiger charge is 2.35. The van der Waals surface area contributed by atoms with Crippen LogP contribution < -0.4 is 5.32 Å². The van der Waals surface area contributed by atoms with Gasteiger partial charge in [0.2, 0.25) is 0 Å². The highest BCUT2D eigenvalue weighted by atomic mass is 16.3. The zero-order valence-electron chi connectivity index (χ0n) is 10.3. The number of hydrogen-bond donors (Lipinski definition) is 1. The zero-order chi connectivity index (χ0) is 11.4. The van der Waals surface area contributed by atoms with Crippen LogP contribution in [-0.4, -0.2) is 38.6 Å². The number of furan rings is 1. The molecule has 3 nitrogen and oxygen atoms in total. The van der Waals surface area contributed by atoms with Crippen molar-refractivity contribution in [2.45, 2.75) is 24.7 Å². The lowest BCUT2D eigenvalue weighted by atomic mass is 9.78. The van der Waals surface area contributed by atoms with Gasteiger partial charge in [-0.1, -0.05) is 0 Å². The maximum Gasteiger partial charge on any atom is 0.111 e. The summed E-state index contributed by atoms with van der Waals surface area (Å²) in [4.78, 5) is 2.42. The zero-order valence-corrected chi connectivity index (χ0v) is 10.3. The Morgan fingerprint density at radius 2 is 2.31 bits per heavy atom. The van der Waals surface area contributed by atoms with Crippen LogP contribution >= 0.6 is 0 Å². The summed E-state index contributed by atoms with van der Waals surface area (Å²) >= 11 is 0. The van der Waals surface area contributed by atoms with Crippen LogP contribution in [-0.2, 0) is 5.41 Å². The largest absolute Gasteiger partial charge is 0.469 e. The van der Waals surface area contributed by atoms with Crippen LogP contribution in [0, 0.1) is 0 Å². The molecule has 0 amide bonds. The molecule has 1 N–H and O–H groups in total. The van der Waals surface area contributed by atoms with Crippen LogP contribution in [0.1, 0.15) is 25.0 Å². The van der Waals surface area contributed by atoms with Gasteiger partial charge in [-0.2, -0.15) is 0 Å². The molecule has 1 aromatic heterocycles. The lowest BCUT2D eigenvalue weighted by molar-refractivity contribution is 0.281. The van der Waals surface area contributed by atoms with E-state index in [2.05, 4.69) is 23.3 Å². The Hall–Kier alpha value is -0.800. The molecule has 1 unspecified atom stereocenters. The quantitative estimate of drug-likeness (QED) is 0.846. The Balaban J connectivity index is 2.20. The van der Waals surface area contributed by atoms with Gasteiger partial charge in [0.15, 0.2) is 0 Å². The third-order valence-electron chi connectivity index (χ3n) is 3.73. The van der Waals surface area contributed by atoms with Crippen molar-refractivity contribution in [3.63, 3.8) is 0 Å². The fourth-order valence-corrected chi connectivity index (χ4v) is 2.76. The van der Waals surface area contributed by atoms with Crippen LogP contribution in [0.3, 0.4) is 0 Å². The van der Waals surface area contributed by atoms with Gasteiger partial charge >= 0.3 is 0 Å². The molecule has 1 aliphatic heterocycles. The molecule has 0 saturated carbocycles. The predicted molar refractivity (Wildman–Crippen MR) is 65.7 cm³/mol. The number of likely N-dealkylation sites (tertiary alicyclic amines) is 1. The molecule has 1 fully saturated rings. The van der Waals surface area contributed by atoms with E-state index in [4.69, 9.17) is 4.42 Å². The molecule has 2 rings (SSSR count). The van der Waals surface area contributed by atoms with Gasteiger partial charge in [0.1, 0.15) is 5.76 Å². The number of nitrogens with one attached hydrogen (secondary N) is 1. The molecule has 1 aromatic rings. The highest BCUT2D eigenvalue weighted by molar-refractivity contribution is 5.15. The third kappa shape index (κ3) is 2.30. The topological polar surface area (TPSA) is 28.4 Å². The third-order valence-corrected chi connectivity index (χ3v) is 3.73. The van der Waals surface area contributed by atoms with Gasteiger partial charge in [-0.15, -0.1) is 0 Å². The van der Waals surface area contributed by atoms with Gasteiger partial charge in [0, 0.05) is 12.0 Å². The Labute approximate surface area is 97.8 Å². The van der Waals surface area contributed by atoms with E-state index in [1.807, 2.05) is 13.1 Å². The van der Waals surface area contributed by atoms with Crippen molar-refractivity contribution in [1.29, 1.82) is 0 Å². The van der Waals surface area contributed by atoms with Gasteiger partial charge in [0.25, 0.3) is 0 Å². The summed E-state index contributed by atoms with van der Waals surface area (Å²) in [6.45, 7) is 3.36. The van der Waals surface area contributed by atoms with Crippen LogP contribution in [0.25, 0.3) is 0 Å². The van der Waals surface area contributed by atoms with Gasteiger partial charge < -0.3 is 14.6 Å². The summed E-state index contributed by atoms with van der Waals surface area (Å²) in [5, 5.41) is 3.33. The summed E-state index contributed by atoms with van der Waals surface area (Å²) in [6.07, 6.45) is 5.43. The van der Waals surface area contributed by atoms with Gasteiger partial charge in [0.05, 0.1) is 6.26 Å². The second-order valence-electron chi connectivity index (χ2n) is 4.94. The van der Waals surface area contributed by atoms with Gasteiger partial charge in [-0.25, -0.2) is 0 Å². The minimum absolute atomic E-state index is 0.197. The van der Waals surface area contributed by atoms with Gasteiger partial charge in [-0.3, -0.25) is 0 Å². The maximum absolute atomic E-state index is 5.66. The Kier molecular flexibility index (Phi) is 3.66. The van der Waals surface area contributed by atoms with Crippen LogP contribution in [0.2, 0.25) is 0 Å². The summed E-state index contributed by atoms with van der Waals surface area (Å²) in [5.74, 6) is 1.15. The van der Waals surface area contributed by atoms with Crippen molar-refractivity contribution in [2.24, 2.45) is 0 Å².